The summed E-state index contributed by atoms with van der Waals surface area (Å²) < 4.78 is 15.0. The van der Waals surface area contributed by atoms with Crippen LogP contribution in [0.1, 0.15) is 5.56 Å². The van der Waals surface area contributed by atoms with Crippen molar-refractivity contribution in [2.75, 3.05) is 27.9 Å². The highest BCUT2D eigenvalue weighted by atomic mass is 16.6. The predicted molar refractivity (Wildman–Crippen MR) is 63.3 cm³/mol. The van der Waals surface area contributed by atoms with Crippen LogP contribution in [0.15, 0.2) is 18.2 Å². The molecule has 0 aliphatic rings. The van der Waals surface area contributed by atoms with Gasteiger partial charge in [-0.1, -0.05) is 6.07 Å². The standard InChI is InChI=1S/C12H17NO4/c1-13-7-9-4-5-10(15-2)11(6-9)17-8-12(14)16-3/h4-6,13H,7-8H2,1-3H3. The maximum atomic E-state index is 11.0. The fraction of sp³-hybridized carbons (Fsp3) is 0.417. The summed E-state index contributed by atoms with van der Waals surface area (Å²) in [6.07, 6.45) is 0. The molecule has 1 aromatic rings. The van der Waals surface area contributed by atoms with E-state index in [2.05, 4.69) is 10.1 Å². The van der Waals surface area contributed by atoms with Gasteiger partial charge in [0.05, 0.1) is 14.2 Å². The molecule has 0 aliphatic heterocycles. The second kappa shape index (κ2) is 6.75. The van der Waals surface area contributed by atoms with E-state index in [0.717, 1.165) is 12.1 Å². The van der Waals surface area contributed by atoms with Gasteiger partial charge in [0.2, 0.25) is 0 Å². The molecule has 0 amide bonds. The summed E-state index contributed by atoms with van der Waals surface area (Å²) in [6, 6.07) is 5.57. The quantitative estimate of drug-likeness (QED) is 0.749. The van der Waals surface area contributed by atoms with Gasteiger partial charge < -0.3 is 19.5 Å². The number of carbonyl (C=O) groups excluding carboxylic acids is 1. The van der Waals surface area contributed by atoms with Crippen molar-refractivity contribution in [1.29, 1.82) is 0 Å². The average molecular weight is 239 g/mol. The van der Waals surface area contributed by atoms with Crippen LogP contribution in [-0.2, 0) is 16.1 Å². The van der Waals surface area contributed by atoms with E-state index in [1.807, 2.05) is 19.2 Å². The molecule has 1 rings (SSSR count). The molecular weight excluding hydrogens is 222 g/mol. The Morgan fingerprint density at radius 1 is 1.29 bits per heavy atom. The van der Waals surface area contributed by atoms with E-state index in [-0.39, 0.29) is 6.61 Å². The molecular formula is C12H17NO4. The first-order valence-electron chi connectivity index (χ1n) is 5.22. The van der Waals surface area contributed by atoms with E-state index in [9.17, 15) is 4.79 Å². The summed E-state index contributed by atoms with van der Waals surface area (Å²) in [4.78, 5) is 11.0. The Hall–Kier alpha value is -1.75. The van der Waals surface area contributed by atoms with Gasteiger partial charge >= 0.3 is 5.97 Å². The summed E-state index contributed by atoms with van der Waals surface area (Å²) in [5.74, 6) is 0.700. The minimum Gasteiger partial charge on any atom is -0.493 e. The Bertz CT molecular complexity index is 379. The van der Waals surface area contributed by atoms with Gasteiger partial charge in [-0.2, -0.15) is 0 Å². The Labute approximate surface area is 101 Å². The van der Waals surface area contributed by atoms with Gasteiger partial charge in [0.15, 0.2) is 18.1 Å². The SMILES string of the molecule is CNCc1ccc(OC)c(OCC(=O)OC)c1. The Morgan fingerprint density at radius 2 is 2.06 bits per heavy atom. The molecule has 0 atom stereocenters. The van der Waals surface area contributed by atoms with Crippen LogP contribution in [-0.4, -0.2) is 33.8 Å². The van der Waals surface area contributed by atoms with Gasteiger partial charge in [0.1, 0.15) is 0 Å². The number of esters is 1. The molecule has 1 aromatic carbocycles. The molecule has 0 fully saturated rings. The number of nitrogens with one attached hydrogen (secondary N) is 1. The van der Waals surface area contributed by atoms with Crippen LogP contribution < -0.4 is 14.8 Å². The minimum absolute atomic E-state index is 0.129. The monoisotopic (exact) mass is 239 g/mol. The molecule has 0 spiro atoms. The Kier molecular flexibility index (Phi) is 5.29. The molecule has 5 nitrogen and oxygen atoms in total. The molecule has 1 N–H and O–H groups in total. The van der Waals surface area contributed by atoms with E-state index in [0.29, 0.717) is 11.5 Å². The van der Waals surface area contributed by atoms with Gasteiger partial charge in [0, 0.05) is 6.54 Å². The van der Waals surface area contributed by atoms with Crippen LogP contribution in [0, 0.1) is 0 Å². The van der Waals surface area contributed by atoms with Crippen molar-refractivity contribution in [1.82, 2.24) is 5.32 Å². The number of hydrogen-bond acceptors (Lipinski definition) is 5. The lowest BCUT2D eigenvalue weighted by molar-refractivity contribution is -0.142. The maximum Gasteiger partial charge on any atom is 0.343 e. The van der Waals surface area contributed by atoms with Crippen LogP contribution in [0.4, 0.5) is 0 Å². The Balaban J connectivity index is 2.78. The average Bonchev–Trinajstić information content (AvgIpc) is 2.36. The van der Waals surface area contributed by atoms with Crippen LogP contribution in [0.25, 0.3) is 0 Å². The molecule has 0 radical (unpaired) electrons. The summed E-state index contributed by atoms with van der Waals surface area (Å²) >= 11 is 0. The van der Waals surface area contributed by atoms with Crippen molar-refractivity contribution < 1.29 is 19.0 Å². The largest absolute Gasteiger partial charge is 0.493 e. The smallest absolute Gasteiger partial charge is 0.343 e. The van der Waals surface area contributed by atoms with Crippen LogP contribution in [0.3, 0.4) is 0 Å². The van der Waals surface area contributed by atoms with Crippen LogP contribution >= 0.6 is 0 Å². The van der Waals surface area contributed by atoms with E-state index in [1.54, 1.807) is 13.2 Å². The van der Waals surface area contributed by atoms with E-state index in [1.165, 1.54) is 7.11 Å². The van der Waals surface area contributed by atoms with Crippen molar-refractivity contribution in [3.05, 3.63) is 23.8 Å². The number of benzene rings is 1. The van der Waals surface area contributed by atoms with Crippen LogP contribution in [0.2, 0.25) is 0 Å². The third kappa shape index (κ3) is 3.96. The molecule has 5 heteroatoms. The lowest BCUT2D eigenvalue weighted by Crippen LogP contribution is -2.13. The second-order valence-electron chi connectivity index (χ2n) is 3.38. The first-order chi connectivity index (χ1) is 8.21. The second-order valence-corrected chi connectivity index (χ2v) is 3.38. The van der Waals surface area contributed by atoms with Crippen LogP contribution in [0.5, 0.6) is 11.5 Å². The summed E-state index contributed by atoms with van der Waals surface area (Å²) in [5, 5.41) is 3.04. The normalized spacial score (nSPS) is 9.82. The van der Waals surface area contributed by atoms with Gasteiger partial charge in [-0.3, -0.25) is 0 Å². The molecule has 0 aromatic heterocycles. The topological polar surface area (TPSA) is 56.8 Å². The summed E-state index contributed by atoms with van der Waals surface area (Å²) in [5.41, 5.74) is 1.05. The zero-order valence-electron chi connectivity index (χ0n) is 10.3. The van der Waals surface area contributed by atoms with Gasteiger partial charge in [0.25, 0.3) is 0 Å². The predicted octanol–water partition coefficient (Wildman–Crippen LogP) is 0.966. The van der Waals surface area contributed by atoms with Gasteiger partial charge in [-0.25, -0.2) is 4.79 Å². The molecule has 17 heavy (non-hydrogen) atoms. The fourth-order valence-electron chi connectivity index (χ4n) is 1.34. The molecule has 0 aliphatic carbocycles. The number of ether oxygens (including phenoxy) is 3. The molecule has 0 bridgehead atoms. The van der Waals surface area contributed by atoms with Gasteiger partial charge in [-0.05, 0) is 24.7 Å². The fourth-order valence-corrected chi connectivity index (χ4v) is 1.34. The number of rotatable bonds is 6. The third-order valence-corrected chi connectivity index (χ3v) is 2.18. The number of carbonyl (C=O) groups is 1. The maximum absolute atomic E-state index is 11.0. The molecule has 0 saturated carbocycles. The van der Waals surface area contributed by atoms with Crippen molar-refractivity contribution >= 4 is 5.97 Å². The van der Waals surface area contributed by atoms with Crippen molar-refractivity contribution in [2.24, 2.45) is 0 Å². The summed E-state index contributed by atoms with van der Waals surface area (Å²) in [7, 11) is 4.73. The molecule has 0 saturated heterocycles. The zero-order valence-corrected chi connectivity index (χ0v) is 10.3. The molecule has 0 unspecified atom stereocenters. The number of methoxy groups -OCH3 is 2. The highest BCUT2D eigenvalue weighted by molar-refractivity contribution is 5.71. The lowest BCUT2D eigenvalue weighted by Gasteiger charge is -2.11. The Morgan fingerprint density at radius 3 is 2.65 bits per heavy atom. The minimum atomic E-state index is -0.425. The lowest BCUT2D eigenvalue weighted by atomic mass is 10.2. The number of hydrogen-bond donors (Lipinski definition) is 1. The van der Waals surface area contributed by atoms with Crippen molar-refractivity contribution in [3.63, 3.8) is 0 Å². The highest BCUT2D eigenvalue weighted by Gasteiger charge is 2.08. The first-order valence-corrected chi connectivity index (χ1v) is 5.22. The van der Waals surface area contributed by atoms with E-state index in [4.69, 9.17) is 9.47 Å². The highest BCUT2D eigenvalue weighted by Crippen LogP contribution is 2.27. The summed E-state index contributed by atoms with van der Waals surface area (Å²) in [6.45, 7) is 0.592. The molecule has 0 heterocycles. The molecule has 94 valence electrons. The van der Waals surface area contributed by atoms with Gasteiger partial charge in [-0.15, -0.1) is 0 Å². The third-order valence-electron chi connectivity index (χ3n) is 2.18. The van der Waals surface area contributed by atoms with Crippen molar-refractivity contribution in [2.45, 2.75) is 6.54 Å². The van der Waals surface area contributed by atoms with Crippen molar-refractivity contribution in [3.8, 4) is 11.5 Å². The first kappa shape index (κ1) is 13.3. The zero-order chi connectivity index (χ0) is 12.7. The van der Waals surface area contributed by atoms with E-state index >= 15 is 0 Å². The van der Waals surface area contributed by atoms with E-state index < -0.39 is 5.97 Å².